The SMILES string of the molecule is C[C@@H](OC(=O)c1cccc([N+](=O)[O-])c1)C(=O)Nc1ccc(C#N)cc1. The van der Waals surface area contributed by atoms with Crippen LogP contribution >= 0.6 is 0 Å². The fourth-order valence-electron chi connectivity index (χ4n) is 1.90. The second-order valence-electron chi connectivity index (χ2n) is 5.03. The zero-order chi connectivity index (χ0) is 18.4. The van der Waals surface area contributed by atoms with Crippen LogP contribution in [0.4, 0.5) is 11.4 Å². The fourth-order valence-corrected chi connectivity index (χ4v) is 1.90. The van der Waals surface area contributed by atoms with Crippen molar-refractivity contribution in [2.75, 3.05) is 5.32 Å². The summed E-state index contributed by atoms with van der Waals surface area (Å²) in [7, 11) is 0. The van der Waals surface area contributed by atoms with Crippen molar-refractivity contribution in [1.29, 1.82) is 5.26 Å². The Labute approximate surface area is 142 Å². The van der Waals surface area contributed by atoms with Crippen LogP contribution in [0.3, 0.4) is 0 Å². The van der Waals surface area contributed by atoms with Crippen LogP contribution in [-0.2, 0) is 9.53 Å². The molecule has 1 atom stereocenters. The van der Waals surface area contributed by atoms with Crippen LogP contribution in [0.25, 0.3) is 0 Å². The molecule has 0 fully saturated rings. The van der Waals surface area contributed by atoms with Crippen LogP contribution in [0, 0.1) is 21.4 Å². The third-order valence-corrected chi connectivity index (χ3v) is 3.23. The molecule has 0 bridgehead atoms. The number of nitro benzene ring substituents is 1. The number of carbonyl (C=O) groups is 2. The molecule has 0 aliphatic carbocycles. The number of rotatable bonds is 5. The van der Waals surface area contributed by atoms with Gasteiger partial charge in [0.2, 0.25) is 0 Å². The third kappa shape index (κ3) is 4.62. The topological polar surface area (TPSA) is 122 Å². The molecule has 0 unspecified atom stereocenters. The zero-order valence-corrected chi connectivity index (χ0v) is 13.1. The van der Waals surface area contributed by atoms with Crippen molar-refractivity contribution < 1.29 is 19.2 Å². The van der Waals surface area contributed by atoms with E-state index in [0.717, 1.165) is 6.07 Å². The van der Waals surface area contributed by atoms with Gasteiger partial charge in [-0.05, 0) is 37.3 Å². The molecule has 2 aromatic rings. The minimum absolute atomic E-state index is 0.0211. The molecule has 1 N–H and O–H groups in total. The molecule has 0 aliphatic heterocycles. The molecule has 126 valence electrons. The highest BCUT2D eigenvalue weighted by atomic mass is 16.6. The number of carbonyl (C=O) groups excluding carboxylic acids is 2. The average molecular weight is 339 g/mol. The molecule has 0 heterocycles. The van der Waals surface area contributed by atoms with Crippen molar-refractivity contribution >= 4 is 23.3 Å². The highest BCUT2D eigenvalue weighted by molar-refractivity contribution is 5.97. The summed E-state index contributed by atoms with van der Waals surface area (Å²) in [6, 6.07) is 13.2. The summed E-state index contributed by atoms with van der Waals surface area (Å²) in [5.74, 6) is -1.41. The summed E-state index contributed by atoms with van der Waals surface area (Å²) in [5, 5.41) is 22.0. The number of nitriles is 1. The first-order valence-electron chi connectivity index (χ1n) is 7.17. The predicted molar refractivity (Wildman–Crippen MR) is 87.8 cm³/mol. The second kappa shape index (κ2) is 7.70. The molecular formula is C17H13N3O5. The van der Waals surface area contributed by atoms with Crippen LogP contribution in [-0.4, -0.2) is 22.9 Å². The molecule has 0 saturated carbocycles. The maximum Gasteiger partial charge on any atom is 0.339 e. The predicted octanol–water partition coefficient (Wildman–Crippen LogP) is 2.65. The van der Waals surface area contributed by atoms with Gasteiger partial charge in [0.25, 0.3) is 11.6 Å². The Hall–Kier alpha value is -3.73. The number of anilines is 1. The van der Waals surface area contributed by atoms with Crippen molar-refractivity contribution in [3.05, 3.63) is 69.8 Å². The summed E-state index contributed by atoms with van der Waals surface area (Å²) in [6.07, 6.45) is -1.11. The number of nitrogens with one attached hydrogen (secondary N) is 1. The van der Waals surface area contributed by atoms with E-state index in [1.54, 1.807) is 12.1 Å². The third-order valence-electron chi connectivity index (χ3n) is 3.23. The van der Waals surface area contributed by atoms with Crippen molar-refractivity contribution in [1.82, 2.24) is 0 Å². The number of hydrogen-bond acceptors (Lipinski definition) is 6. The lowest BCUT2D eigenvalue weighted by Gasteiger charge is -2.13. The molecule has 0 aliphatic rings. The smallest absolute Gasteiger partial charge is 0.339 e. The number of amides is 1. The molecule has 2 rings (SSSR count). The average Bonchev–Trinajstić information content (AvgIpc) is 2.62. The first-order valence-corrected chi connectivity index (χ1v) is 7.17. The maximum absolute atomic E-state index is 12.0. The molecule has 25 heavy (non-hydrogen) atoms. The monoisotopic (exact) mass is 339 g/mol. The first kappa shape index (κ1) is 17.6. The van der Waals surface area contributed by atoms with Crippen molar-refractivity contribution in [3.63, 3.8) is 0 Å². The Balaban J connectivity index is 2.00. The van der Waals surface area contributed by atoms with E-state index in [2.05, 4.69) is 5.32 Å². The summed E-state index contributed by atoms with van der Waals surface area (Å²) >= 11 is 0. The van der Waals surface area contributed by atoms with Gasteiger partial charge in [-0.25, -0.2) is 4.79 Å². The van der Waals surface area contributed by atoms with Gasteiger partial charge >= 0.3 is 5.97 Å². The highest BCUT2D eigenvalue weighted by Crippen LogP contribution is 2.15. The first-order chi connectivity index (χ1) is 11.9. The normalized spacial score (nSPS) is 11.0. The second-order valence-corrected chi connectivity index (χ2v) is 5.03. The van der Waals surface area contributed by atoms with Crippen LogP contribution in [0.15, 0.2) is 48.5 Å². The number of hydrogen-bond donors (Lipinski definition) is 1. The molecule has 8 nitrogen and oxygen atoms in total. The van der Waals surface area contributed by atoms with E-state index in [-0.39, 0.29) is 11.3 Å². The van der Waals surface area contributed by atoms with Crippen LogP contribution < -0.4 is 5.32 Å². The fraction of sp³-hybridized carbons (Fsp3) is 0.118. The molecule has 0 radical (unpaired) electrons. The highest BCUT2D eigenvalue weighted by Gasteiger charge is 2.20. The van der Waals surface area contributed by atoms with Gasteiger partial charge in [-0.2, -0.15) is 5.26 Å². The number of ether oxygens (including phenoxy) is 1. The molecule has 2 aromatic carbocycles. The van der Waals surface area contributed by atoms with Crippen molar-refractivity contribution in [2.45, 2.75) is 13.0 Å². The number of nitrogens with zero attached hydrogens (tertiary/aromatic N) is 2. The van der Waals surface area contributed by atoms with Crippen LogP contribution in [0.5, 0.6) is 0 Å². The minimum atomic E-state index is -1.11. The molecule has 1 amide bonds. The van der Waals surface area contributed by atoms with Gasteiger partial charge in [-0.3, -0.25) is 14.9 Å². The van der Waals surface area contributed by atoms with Crippen molar-refractivity contribution in [2.24, 2.45) is 0 Å². The number of non-ortho nitro benzene ring substituents is 1. The van der Waals surface area contributed by atoms with Gasteiger partial charge < -0.3 is 10.1 Å². The Morgan fingerprint density at radius 1 is 1.24 bits per heavy atom. The lowest BCUT2D eigenvalue weighted by Crippen LogP contribution is -2.30. The molecule has 8 heteroatoms. The molecule has 0 spiro atoms. The maximum atomic E-state index is 12.0. The molecule has 0 aromatic heterocycles. The zero-order valence-electron chi connectivity index (χ0n) is 13.1. The van der Waals surface area contributed by atoms with Crippen LogP contribution in [0.1, 0.15) is 22.8 Å². The van der Waals surface area contributed by atoms with E-state index >= 15 is 0 Å². The standard InChI is InChI=1S/C17H13N3O5/c1-11(16(21)19-14-7-5-12(10-18)6-8-14)25-17(22)13-3-2-4-15(9-13)20(23)24/h2-9,11H,1H3,(H,19,21)/t11-/m1/s1. The number of nitro groups is 1. The Bertz CT molecular complexity index is 855. The summed E-state index contributed by atoms with van der Waals surface area (Å²) in [6.45, 7) is 1.38. The van der Waals surface area contributed by atoms with Gasteiger partial charge in [0.05, 0.1) is 22.1 Å². The largest absolute Gasteiger partial charge is 0.449 e. The summed E-state index contributed by atoms with van der Waals surface area (Å²) in [4.78, 5) is 34.2. The Morgan fingerprint density at radius 2 is 1.92 bits per heavy atom. The van der Waals surface area contributed by atoms with Crippen molar-refractivity contribution in [3.8, 4) is 6.07 Å². The van der Waals surface area contributed by atoms with E-state index < -0.39 is 22.9 Å². The van der Waals surface area contributed by atoms with E-state index in [4.69, 9.17) is 10.00 Å². The Morgan fingerprint density at radius 3 is 2.52 bits per heavy atom. The molecule has 0 saturated heterocycles. The quantitative estimate of drug-likeness (QED) is 0.507. The van der Waals surface area contributed by atoms with Gasteiger partial charge in [0.1, 0.15) is 0 Å². The van der Waals surface area contributed by atoms with Gasteiger partial charge in [-0.15, -0.1) is 0 Å². The summed E-state index contributed by atoms with van der Waals surface area (Å²) < 4.78 is 5.02. The number of benzene rings is 2. The van der Waals surface area contributed by atoms with E-state index in [1.165, 1.54) is 37.3 Å². The van der Waals surface area contributed by atoms with Gasteiger partial charge in [-0.1, -0.05) is 6.07 Å². The lowest BCUT2D eigenvalue weighted by molar-refractivity contribution is -0.384. The molecular weight excluding hydrogens is 326 g/mol. The van der Waals surface area contributed by atoms with Crippen LogP contribution in [0.2, 0.25) is 0 Å². The minimum Gasteiger partial charge on any atom is -0.449 e. The lowest BCUT2D eigenvalue weighted by atomic mass is 10.2. The van der Waals surface area contributed by atoms with Gasteiger partial charge in [0.15, 0.2) is 6.10 Å². The van der Waals surface area contributed by atoms with E-state index in [1.807, 2.05) is 6.07 Å². The number of esters is 1. The van der Waals surface area contributed by atoms with E-state index in [0.29, 0.717) is 11.3 Å². The Kier molecular flexibility index (Phi) is 5.43. The summed E-state index contributed by atoms with van der Waals surface area (Å²) in [5.41, 5.74) is 0.627. The van der Waals surface area contributed by atoms with Gasteiger partial charge in [0, 0.05) is 17.8 Å². The van der Waals surface area contributed by atoms with E-state index in [9.17, 15) is 19.7 Å².